The van der Waals surface area contributed by atoms with Crippen molar-refractivity contribution in [3.05, 3.63) is 41.1 Å². The molecule has 1 amide bonds. The molecule has 3 atom stereocenters. The third-order valence-electron chi connectivity index (χ3n) is 3.76. The molecule has 7 heteroatoms. The Labute approximate surface area is 130 Å². The number of aliphatic hydroxyl groups is 1. The number of carboxylic acid groups (broad SMARTS) is 1. The van der Waals surface area contributed by atoms with Gasteiger partial charge in [-0.25, -0.2) is 4.79 Å². The van der Waals surface area contributed by atoms with Gasteiger partial charge < -0.3 is 10.2 Å². The van der Waals surface area contributed by atoms with E-state index in [1.807, 2.05) is 6.07 Å². The normalized spacial score (nSPS) is 24.6. The Morgan fingerprint density at radius 2 is 2.23 bits per heavy atom. The summed E-state index contributed by atoms with van der Waals surface area (Å²) in [4.78, 5) is 25.3. The van der Waals surface area contributed by atoms with Gasteiger partial charge in [-0.05, 0) is 24.6 Å². The molecule has 0 saturated carbocycles. The highest BCUT2D eigenvalue weighted by Crippen LogP contribution is 2.53. The predicted molar refractivity (Wildman–Crippen MR) is 79.1 cm³/mol. The number of amides is 1. The zero-order valence-corrected chi connectivity index (χ0v) is 12.4. The summed E-state index contributed by atoms with van der Waals surface area (Å²) in [6.07, 6.45) is -0.832. The highest BCUT2D eigenvalue weighted by atomic mass is 32.2. The van der Waals surface area contributed by atoms with Gasteiger partial charge in [0.25, 0.3) is 0 Å². The second-order valence-electron chi connectivity index (χ2n) is 5.16. The molecule has 0 radical (unpaired) electrons. The number of nitriles is 1. The van der Waals surface area contributed by atoms with Crippen LogP contribution in [0.15, 0.2) is 30.0 Å². The molecule has 1 fully saturated rings. The molecule has 1 saturated heterocycles. The van der Waals surface area contributed by atoms with Crippen LogP contribution in [0.4, 0.5) is 0 Å². The van der Waals surface area contributed by atoms with Gasteiger partial charge in [-0.15, -0.1) is 0 Å². The van der Waals surface area contributed by atoms with Crippen molar-refractivity contribution in [1.82, 2.24) is 4.90 Å². The Balaban J connectivity index is 2.06. The van der Waals surface area contributed by atoms with Crippen molar-refractivity contribution in [2.24, 2.45) is 5.92 Å². The summed E-state index contributed by atoms with van der Waals surface area (Å²) in [6.45, 7) is 1.52. The summed E-state index contributed by atoms with van der Waals surface area (Å²) in [5, 5.41) is 27.7. The zero-order valence-electron chi connectivity index (χ0n) is 11.6. The summed E-state index contributed by atoms with van der Waals surface area (Å²) >= 11 is 1.24. The molecule has 0 unspecified atom stereocenters. The fourth-order valence-electron chi connectivity index (χ4n) is 2.72. The van der Waals surface area contributed by atoms with E-state index in [-0.39, 0.29) is 11.6 Å². The standard InChI is InChI=1S/C15H12N2O4S/c1-7(18)10-13(19)17-11(15(20)21)12(22-14(10)17)9-4-2-3-8(5-9)6-16/h2-5,7,10,14,18H,1H3,(H,20,21)/t7-,10+,14-/m1/s1. The lowest BCUT2D eigenvalue weighted by Crippen LogP contribution is -2.60. The topological polar surface area (TPSA) is 102 Å². The van der Waals surface area contributed by atoms with E-state index in [1.54, 1.807) is 24.3 Å². The molecule has 3 rings (SSSR count). The molecule has 2 N–H and O–H groups in total. The van der Waals surface area contributed by atoms with E-state index in [9.17, 15) is 19.8 Å². The molecule has 0 spiro atoms. The fourth-order valence-corrected chi connectivity index (χ4v) is 4.32. The molecular formula is C15H12N2O4S. The maximum absolute atomic E-state index is 12.1. The van der Waals surface area contributed by atoms with Gasteiger partial charge in [-0.1, -0.05) is 23.9 Å². The largest absolute Gasteiger partial charge is 0.477 e. The van der Waals surface area contributed by atoms with E-state index in [0.717, 1.165) is 0 Å². The van der Waals surface area contributed by atoms with Gasteiger partial charge in [0.15, 0.2) is 0 Å². The lowest BCUT2D eigenvalue weighted by molar-refractivity contribution is -0.156. The van der Waals surface area contributed by atoms with Gasteiger partial charge in [0.2, 0.25) is 5.91 Å². The summed E-state index contributed by atoms with van der Waals surface area (Å²) < 4.78 is 0. The number of carboxylic acids is 1. The number of aliphatic carboxylic acids is 1. The van der Waals surface area contributed by atoms with Crippen LogP contribution in [0, 0.1) is 17.2 Å². The molecule has 0 bridgehead atoms. The predicted octanol–water partition coefficient (Wildman–Crippen LogP) is 1.22. The molecule has 1 aromatic carbocycles. The number of carbonyl (C=O) groups is 2. The van der Waals surface area contributed by atoms with Crippen LogP contribution in [-0.4, -0.2) is 38.5 Å². The Bertz CT molecular complexity index is 750. The van der Waals surface area contributed by atoms with Gasteiger partial charge in [0, 0.05) is 4.91 Å². The summed E-state index contributed by atoms with van der Waals surface area (Å²) in [5.41, 5.74) is 0.933. The van der Waals surface area contributed by atoms with Crippen LogP contribution in [-0.2, 0) is 9.59 Å². The molecule has 0 aromatic heterocycles. The van der Waals surface area contributed by atoms with E-state index in [1.165, 1.54) is 23.6 Å². The molecule has 1 aromatic rings. The minimum absolute atomic E-state index is 0.0769. The van der Waals surface area contributed by atoms with Gasteiger partial charge in [-0.2, -0.15) is 5.26 Å². The van der Waals surface area contributed by atoms with E-state index in [0.29, 0.717) is 16.0 Å². The lowest BCUT2D eigenvalue weighted by atomic mass is 9.92. The van der Waals surface area contributed by atoms with Crippen LogP contribution in [0.2, 0.25) is 0 Å². The van der Waals surface area contributed by atoms with Gasteiger partial charge in [0.1, 0.15) is 11.1 Å². The molecule has 6 nitrogen and oxygen atoms in total. The average molecular weight is 316 g/mol. The number of nitrogens with zero attached hydrogens (tertiary/aromatic N) is 2. The molecule has 2 aliphatic rings. The molecule has 22 heavy (non-hydrogen) atoms. The van der Waals surface area contributed by atoms with Crippen molar-refractivity contribution < 1.29 is 19.8 Å². The van der Waals surface area contributed by atoms with Gasteiger partial charge >= 0.3 is 5.97 Å². The third kappa shape index (κ3) is 2.00. The number of rotatable bonds is 3. The Morgan fingerprint density at radius 3 is 2.82 bits per heavy atom. The molecule has 0 aliphatic carbocycles. The van der Waals surface area contributed by atoms with Crippen LogP contribution >= 0.6 is 11.8 Å². The van der Waals surface area contributed by atoms with E-state index in [2.05, 4.69) is 0 Å². The van der Waals surface area contributed by atoms with E-state index < -0.39 is 23.4 Å². The lowest BCUT2D eigenvalue weighted by Gasteiger charge is -2.43. The minimum atomic E-state index is -1.19. The van der Waals surface area contributed by atoms with Crippen molar-refractivity contribution in [1.29, 1.82) is 5.26 Å². The smallest absolute Gasteiger partial charge is 0.353 e. The molecule has 2 aliphatic heterocycles. The number of hydrogen-bond donors (Lipinski definition) is 2. The van der Waals surface area contributed by atoms with Crippen LogP contribution < -0.4 is 0 Å². The minimum Gasteiger partial charge on any atom is -0.477 e. The van der Waals surface area contributed by atoms with Crippen LogP contribution in [0.3, 0.4) is 0 Å². The number of β-lactam (4-membered cyclic amide) rings is 1. The maximum atomic E-state index is 12.1. The fraction of sp³-hybridized carbons (Fsp3) is 0.267. The van der Waals surface area contributed by atoms with Crippen molar-refractivity contribution in [2.75, 3.05) is 0 Å². The summed E-state index contributed by atoms with van der Waals surface area (Å²) in [6, 6.07) is 8.61. The number of fused-ring (bicyclic) bond motifs is 1. The van der Waals surface area contributed by atoms with Crippen molar-refractivity contribution in [3.63, 3.8) is 0 Å². The van der Waals surface area contributed by atoms with Crippen LogP contribution in [0.5, 0.6) is 0 Å². The second-order valence-corrected chi connectivity index (χ2v) is 6.29. The van der Waals surface area contributed by atoms with Crippen molar-refractivity contribution in [3.8, 4) is 6.07 Å². The number of benzene rings is 1. The number of hydrogen-bond acceptors (Lipinski definition) is 5. The maximum Gasteiger partial charge on any atom is 0.353 e. The Morgan fingerprint density at radius 1 is 1.50 bits per heavy atom. The third-order valence-corrected chi connectivity index (χ3v) is 5.17. The first-order valence-electron chi connectivity index (χ1n) is 6.61. The summed E-state index contributed by atoms with van der Waals surface area (Å²) in [7, 11) is 0. The van der Waals surface area contributed by atoms with E-state index >= 15 is 0 Å². The van der Waals surface area contributed by atoms with Crippen molar-refractivity contribution >= 4 is 28.5 Å². The number of thioether (sulfide) groups is 1. The van der Waals surface area contributed by atoms with Gasteiger partial charge in [0.05, 0.1) is 23.7 Å². The number of carbonyl (C=O) groups excluding carboxylic acids is 1. The molecule has 112 valence electrons. The second kappa shape index (κ2) is 5.16. The first kappa shape index (κ1) is 14.6. The quantitative estimate of drug-likeness (QED) is 0.813. The highest BCUT2D eigenvalue weighted by molar-refractivity contribution is 8.09. The monoisotopic (exact) mass is 316 g/mol. The Hall–Kier alpha value is -2.30. The van der Waals surface area contributed by atoms with Crippen molar-refractivity contribution in [2.45, 2.75) is 18.4 Å². The molecule has 2 heterocycles. The first-order valence-corrected chi connectivity index (χ1v) is 7.49. The zero-order chi connectivity index (χ0) is 16.0. The summed E-state index contributed by atoms with van der Waals surface area (Å²) in [5.74, 6) is -2.17. The Kier molecular flexibility index (Phi) is 3.43. The van der Waals surface area contributed by atoms with Crippen LogP contribution in [0.25, 0.3) is 4.91 Å². The van der Waals surface area contributed by atoms with Crippen LogP contribution in [0.1, 0.15) is 18.1 Å². The highest BCUT2D eigenvalue weighted by Gasteiger charge is 2.57. The van der Waals surface area contributed by atoms with Gasteiger partial charge in [-0.3, -0.25) is 9.69 Å². The average Bonchev–Trinajstić information content (AvgIpc) is 2.82. The first-order chi connectivity index (χ1) is 10.5. The molecular weight excluding hydrogens is 304 g/mol. The van der Waals surface area contributed by atoms with E-state index in [4.69, 9.17) is 5.26 Å². The number of aliphatic hydroxyl groups excluding tert-OH is 1. The SMILES string of the molecule is C[C@@H](O)[C@H]1C(=O)N2C(C(=O)O)=C(c3cccc(C#N)c3)S[C@H]12.